The van der Waals surface area contributed by atoms with Gasteiger partial charge >= 0.3 is 0 Å². The summed E-state index contributed by atoms with van der Waals surface area (Å²) in [6, 6.07) is 13.2. The van der Waals surface area contributed by atoms with Gasteiger partial charge in [-0.3, -0.25) is 4.79 Å². The first-order valence-electron chi connectivity index (χ1n) is 6.44. The first kappa shape index (κ1) is 14.1. The summed E-state index contributed by atoms with van der Waals surface area (Å²) in [6.07, 6.45) is 0. The number of aliphatic hydroxyl groups excluding tert-OH is 1. The van der Waals surface area contributed by atoms with Crippen molar-refractivity contribution >= 4 is 11.6 Å². The SMILES string of the molecule is Cc1c(NCc2ccc(CO)cc2)cccc1C(N)=O. The van der Waals surface area contributed by atoms with Crippen LogP contribution in [0.15, 0.2) is 42.5 Å². The molecule has 2 aromatic rings. The highest BCUT2D eigenvalue weighted by Crippen LogP contribution is 2.19. The molecule has 0 fully saturated rings. The van der Waals surface area contributed by atoms with Gasteiger partial charge in [-0.05, 0) is 35.7 Å². The van der Waals surface area contributed by atoms with E-state index in [4.69, 9.17) is 10.8 Å². The van der Waals surface area contributed by atoms with Crippen LogP contribution in [-0.2, 0) is 13.2 Å². The lowest BCUT2D eigenvalue weighted by molar-refractivity contribution is 0.1000. The van der Waals surface area contributed by atoms with Crippen LogP contribution in [0.25, 0.3) is 0 Å². The third-order valence-corrected chi connectivity index (χ3v) is 3.29. The molecular weight excluding hydrogens is 252 g/mol. The van der Waals surface area contributed by atoms with E-state index in [-0.39, 0.29) is 6.61 Å². The van der Waals surface area contributed by atoms with Crippen molar-refractivity contribution in [2.24, 2.45) is 5.73 Å². The van der Waals surface area contributed by atoms with Gasteiger partial charge in [-0.15, -0.1) is 0 Å². The quantitative estimate of drug-likeness (QED) is 0.779. The molecular formula is C16H18N2O2. The standard InChI is InChI=1S/C16H18N2O2/c1-11-14(16(17)20)3-2-4-15(11)18-9-12-5-7-13(10-19)8-6-12/h2-8,18-19H,9-10H2,1H3,(H2,17,20). The molecule has 0 saturated heterocycles. The van der Waals surface area contributed by atoms with E-state index < -0.39 is 5.91 Å². The minimum Gasteiger partial charge on any atom is -0.392 e. The number of anilines is 1. The fourth-order valence-electron chi connectivity index (χ4n) is 2.05. The van der Waals surface area contributed by atoms with Gasteiger partial charge in [0.15, 0.2) is 0 Å². The lowest BCUT2D eigenvalue weighted by atomic mass is 10.1. The van der Waals surface area contributed by atoms with Crippen molar-refractivity contribution in [3.05, 3.63) is 64.7 Å². The van der Waals surface area contributed by atoms with Gasteiger partial charge in [0.2, 0.25) is 5.91 Å². The normalized spacial score (nSPS) is 10.3. The second-order valence-electron chi connectivity index (χ2n) is 4.67. The number of benzene rings is 2. The Morgan fingerprint density at radius 3 is 2.40 bits per heavy atom. The Labute approximate surface area is 118 Å². The molecule has 4 heteroatoms. The van der Waals surface area contributed by atoms with Crippen molar-refractivity contribution in [3.63, 3.8) is 0 Å². The van der Waals surface area contributed by atoms with Gasteiger partial charge < -0.3 is 16.2 Å². The molecule has 0 aliphatic rings. The molecule has 4 N–H and O–H groups in total. The zero-order valence-electron chi connectivity index (χ0n) is 11.4. The van der Waals surface area contributed by atoms with Crippen molar-refractivity contribution in [2.75, 3.05) is 5.32 Å². The highest BCUT2D eigenvalue weighted by molar-refractivity contribution is 5.95. The van der Waals surface area contributed by atoms with Crippen molar-refractivity contribution in [1.29, 1.82) is 0 Å². The fourth-order valence-corrected chi connectivity index (χ4v) is 2.05. The number of hydrogen-bond donors (Lipinski definition) is 3. The van der Waals surface area contributed by atoms with Crippen LogP contribution in [0.3, 0.4) is 0 Å². The zero-order valence-corrected chi connectivity index (χ0v) is 11.4. The summed E-state index contributed by atoms with van der Waals surface area (Å²) in [5.41, 5.74) is 9.61. The molecule has 0 aliphatic carbocycles. The van der Waals surface area contributed by atoms with Crippen molar-refractivity contribution in [2.45, 2.75) is 20.1 Å². The number of carbonyl (C=O) groups is 1. The molecule has 0 heterocycles. The lowest BCUT2D eigenvalue weighted by Crippen LogP contribution is -2.13. The van der Waals surface area contributed by atoms with E-state index in [0.717, 1.165) is 22.4 Å². The molecule has 0 saturated carbocycles. The van der Waals surface area contributed by atoms with Gasteiger partial charge in [0.05, 0.1) is 6.61 Å². The molecule has 0 aliphatic heterocycles. The topological polar surface area (TPSA) is 75.3 Å². The fraction of sp³-hybridized carbons (Fsp3) is 0.188. The second kappa shape index (κ2) is 6.21. The van der Waals surface area contributed by atoms with Gasteiger partial charge in [0, 0.05) is 17.8 Å². The van der Waals surface area contributed by atoms with Crippen molar-refractivity contribution < 1.29 is 9.90 Å². The van der Waals surface area contributed by atoms with Gasteiger partial charge in [0.1, 0.15) is 0 Å². The van der Waals surface area contributed by atoms with E-state index in [0.29, 0.717) is 12.1 Å². The van der Waals surface area contributed by atoms with Gasteiger partial charge in [0.25, 0.3) is 0 Å². The van der Waals surface area contributed by atoms with Crippen molar-refractivity contribution in [3.8, 4) is 0 Å². The van der Waals surface area contributed by atoms with E-state index >= 15 is 0 Å². The zero-order chi connectivity index (χ0) is 14.5. The Morgan fingerprint density at radius 1 is 1.15 bits per heavy atom. The van der Waals surface area contributed by atoms with Crippen LogP contribution in [0.5, 0.6) is 0 Å². The van der Waals surface area contributed by atoms with Crippen LogP contribution >= 0.6 is 0 Å². The maximum atomic E-state index is 11.3. The molecule has 2 aromatic carbocycles. The summed E-state index contributed by atoms with van der Waals surface area (Å²) in [7, 11) is 0. The third-order valence-electron chi connectivity index (χ3n) is 3.29. The summed E-state index contributed by atoms with van der Waals surface area (Å²) in [6.45, 7) is 2.57. The molecule has 2 rings (SSSR count). The molecule has 0 spiro atoms. The van der Waals surface area contributed by atoms with Crippen LogP contribution < -0.4 is 11.1 Å². The largest absolute Gasteiger partial charge is 0.392 e. The Morgan fingerprint density at radius 2 is 1.80 bits per heavy atom. The molecule has 20 heavy (non-hydrogen) atoms. The maximum Gasteiger partial charge on any atom is 0.249 e. The third kappa shape index (κ3) is 3.16. The molecule has 1 amide bonds. The predicted molar refractivity (Wildman–Crippen MR) is 79.4 cm³/mol. The van der Waals surface area contributed by atoms with Gasteiger partial charge in [-0.25, -0.2) is 0 Å². The summed E-state index contributed by atoms with van der Waals surface area (Å²) in [4.78, 5) is 11.3. The van der Waals surface area contributed by atoms with Crippen LogP contribution in [0.1, 0.15) is 27.0 Å². The highest BCUT2D eigenvalue weighted by atomic mass is 16.3. The highest BCUT2D eigenvalue weighted by Gasteiger charge is 2.07. The first-order chi connectivity index (χ1) is 9.61. The number of nitrogens with two attached hydrogens (primary N) is 1. The number of primary amides is 1. The van der Waals surface area contributed by atoms with Crippen LogP contribution in [0.4, 0.5) is 5.69 Å². The average molecular weight is 270 g/mol. The van der Waals surface area contributed by atoms with E-state index in [9.17, 15) is 4.79 Å². The Bertz CT molecular complexity index is 606. The van der Waals surface area contributed by atoms with Crippen LogP contribution in [0, 0.1) is 6.92 Å². The number of rotatable bonds is 5. The van der Waals surface area contributed by atoms with Crippen molar-refractivity contribution in [1.82, 2.24) is 0 Å². The number of nitrogens with one attached hydrogen (secondary N) is 1. The minimum atomic E-state index is -0.418. The van der Waals surface area contributed by atoms with E-state index in [2.05, 4.69) is 5.32 Å². The van der Waals surface area contributed by atoms with Gasteiger partial charge in [-0.2, -0.15) is 0 Å². The molecule has 0 atom stereocenters. The first-order valence-corrected chi connectivity index (χ1v) is 6.44. The van der Waals surface area contributed by atoms with Gasteiger partial charge in [-0.1, -0.05) is 30.3 Å². The Balaban J connectivity index is 2.10. The van der Waals surface area contributed by atoms with E-state index in [1.54, 1.807) is 6.07 Å². The summed E-state index contributed by atoms with van der Waals surface area (Å²) in [5, 5.41) is 12.3. The molecule has 4 nitrogen and oxygen atoms in total. The number of hydrogen-bond acceptors (Lipinski definition) is 3. The maximum absolute atomic E-state index is 11.3. The summed E-state index contributed by atoms with van der Waals surface area (Å²) < 4.78 is 0. The molecule has 0 aromatic heterocycles. The van der Waals surface area contributed by atoms with E-state index in [1.807, 2.05) is 43.3 Å². The summed E-state index contributed by atoms with van der Waals surface area (Å²) in [5.74, 6) is -0.418. The van der Waals surface area contributed by atoms with Crippen LogP contribution in [0.2, 0.25) is 0 Å². The Hall–Kier alpha value is -2.33. The number of aliphatic hydroxyl groups is 1. The second-order valence-corrected chi connectivity index (χ2v) is 4.67. The van der Waals surface area contributed by atoms with Crippen LogP contribution in [-0.4, -0.2) is 11.0 Å². The Kier molecular flexibility index (Phi) is 4.38. The smallest absolute Gasteiger partial charge is 0.249 e. The summed E-state index contributed by atoms with van der Waals surface area (Å²) >= 11 is 0. The van der Waals surface area contributed by atoms with E-state index in [1.165, 1.54) is 0 Å². The molecule has 0 bridgehead atoms. The average Bonchev–Trinajstić information content (AvgIpc) is 2.46. The number of carbonyl (C=O) groups excluding carboxylic acids is 1. The lowest BCUT2D eigenvalue weighted by Gasteiger charge is -2.12. The molecule has 0 unspecified atom stereocenters. The monoisotopic (exact) mass is 270 g/mol. The molecule has 0 radical (unpaired) electrons. The molecule has 104 valence electrons. The number of amides is 1. The predicted octanol–water partition coefficient (Wildman–Crippen LogP) is 2.20. The minimum absolute atomic E-state index is 0.0491.